The van der Waals surface area contributed by atoms with Crippen molar-refractivity contribution in [1.29, 1.82) is 0 Å². The minimum atomic E-state index is -0.123. The normalized spacial score (nSPS) is 19.2. The van der Waals surface area contributed by atoms with E-state index in [0.717, 1.165) is 27.7 Å². The van der Waals surface area contributed by atoms with Gasteiger partial charge in [0.15, 0.2) is 5.17 Å². The molecule has 1 fully saturated rings. The van der Waals surface area contributed by atoms with E-state index in [1.54, 1.807) is 6.21 Å². The van der Waals surface area contributed by atoms with Crippen LogP contribution in [0.25, 0.3) is 22.2 Å². The van der Waals surface area contributed by atoms with Crippen molar-refractivity contribution in [1.82, 2.24) is 10.3 Å². The molecule has 1 aromatic heterocycles. The third kappa shape index (κ3) is 3.08. The summed E-state index contributed by atoms with van der Waals surface area (Å²) in [6.07, 6.45) is 1.74. The predicted octanol–water partition coefficient (Wildman–Crippen LogP) is 3.78. The van der Waals surface area contributed by atoms with Crippen LogP contribution in [-0.2, 0) is 4.79 Å². The average molecular weight is 348 g/mol. The van der Waals surface area contributed by atoms with Gasteiger partial charge in [-0.15, -0.1) is 5.10 Å². The molecule has 1 aliphatic heterocycles. The summed E-state index contributed by atoms with van der Waals surface area (Å²) in [5.41, 5.74) is 4.12. The van der Waals surface area contributed by atoms with E-state index < -0.39 is 0 Å². The zero-order valence-electron chi connectivity index (χ0n) is 13.6. The van der Waals surface area contributed by atoms with Crippen LogP contribution in [0.5, 0.6) is 0 Å². The fourth-order valence-corrected chi connectivity index (χ4v) is 3.53. The van der Waals surface area contributed by atoms with Gasteiger partial charge in [0.1, 0.15) is 0 Å². The fraction of sp³-hybridized carbons (Fsp3) is 0.105. The minimum Gasteiger partial charge on any atom is -0.354 e. The van der Waals surface area contributed by atoms with Gasteiger partial charge < -0.3 is 10.3 Å². The highest BCUT2D eigenvalue weighted by molar-refractivity contribution is 8.15. The number of carbonyl (C=O) groups is 1. The molecule has 25 heavy (non-hydrogen) atoms. The Kier molecular flexibility index (Phi) is 4.11. The molecule has 1 atom stereocenters. The number of thioether (sulfide) groups is 1. The highest BCUT2D eigenvalue weighted by Crippen LogP contribution is 2.29. The van der Waals surface area contributed by atoms with Crippen molar-refractivity contribution < 1.29 is 4.79 Å². The predicted molar refractivity (Wildman–Crippen MR) is 104 cm³/mol. The molecule has 0 spiro atoms. The SMILES string of the molecule is CC1S/C(=N/N=C/c2c(-c3ccccc3)[nH]c3ccccc23)NC1=O. The summed E-state index contributed by atoms with van der Waals surface area (Å²) in [6.45, 7) is 1.85. The Morgan fingerprint density at radius 3 is 2.60 bits per heavy atom. The van der Waals surface area contributed by atoms with Crippen LogP contribution in [0.3, 0.4) is 0 Å². The van der Waals surface area contributed by atoms with Crippen LogP contribution >= 0.6 is 11.8 Å². The van der Waals surface area contributed by atoms with Gasteiger partial charge in [0.05, 0.1) is 17.2 Å². The van der Waals surface area contributed by atoms with E-state index in [4.69, 9.17) is 0 Å². The number of H-pyrrole nitrogens is 1. The molecule has 1 amide bonds. The van der Waals surface area contributed by atoms with E-state index in [0.29, 0.717) is 5.17 Å². The number of hydrogen-bond acceptors (Lipinski definition) is 4. The summed E-state index contributed by atoms with van der Waals surface area (Å²) in [5, 5.41) is 12.6. The Labute approximate surface area is 149 Å². The monoisotopic (exact) mass is 348 g/mol. The van der Waals surface area contributed by atoms with Crippen molar-refractivity contribution in [3.63, 3.8) is 0 Å². The second kappa shape index (κ2) is 6.57. The van der Waals surface area contributed by atoms with Crippen LogP contribution in [0.2, 0.25) is 0 Å². The molecule has 6 heteroatoms. The molecular weight excluding hydrogens is 332 g/mol. The number of benzene rings is 2. The molecule has 4 rings (SSSR count). The maximum absolute atomic E-state index is 11.5. The average Bonchev–Trinajstić information content (AvgIpc) is 3.16. The molecule has 0 aliphatic carbocycles. The molecule has 0 radical (unpaired) electrons. The van der Waals surface area contributed by atoms with Crippen molar-refractivity contribution in [2.75, 3.05) is 0 Å². The number of aromatic amines is 1. The first-order valence-electron chi connectivity index (χ1n) is 7.97. The van der Waals surface area contributed by atoms with Gasteiger partial charge in [-0.2, -0.15) is 5.10 Å². The summed E-state index contributed by atoms with van der Waals surface area (Å²) in [7, 11) is 0. The first-order chi connectivity index (χ1) is 12.2. The smallest absolute Gasteiger partial charge is 0.239 e. The number of rotatable bonds is 3. The van der Waals surface area contributed by atoms with E-state index in [-0.39, 0.29) is 11.2 Å². The first kappa shape index (κ1) is 15.7. The third-order valence-electron chi connectivity index (χ3n) is 4.03. The number of nitrogens with zero attached hydrogens (tertiary/aromatic N) is 2. The zero-order valence-corrected chi connectivity index (χ0v) is 14.4. The molecule has 3 aromatic rings. The lowest BCUT2D eigenvalue weighted by Crippen LogP contribution is -2.23. The van der Waals surface area contributed by atoms with Crippen LogP contribution in [0.4, 0.5) is 0 Å². The summed E-state index contributed by atoms with van der Waals surface area (Å²) in [6, 6.07) is 18.2. The topological polar surface area (TPSA) is 69.6 Å². The lowest BCUT2D eigenvalue weighted by molar-refractivity contribution is -0.118. The second-order valence-electron chi connectivity index (χ2n) is 5.72. The molecule has 1 aliphatic rings. The number of nitrogens with one attached hydrogen (secondary N) is 2. The highest BCUT2D eigenvalue weighted by Gasteiger charge is 2.25. The van der Waals surface area contributed by atoms with E-state index >= 15 is 0 Å². The maximum Gasteiger partial charge on any atom is 0.239 e. The third-order valence-corrected chi connectivity index (χ3v) is 5.01. The molecule has 2 heterocycles. The first-order valence-corrected chi connectivity index (χ1v) is 8.85. The highest BCUT2D eigenvalue weighted by atomic mass is 32.2. The van der Waals surface area contributed by atoms with Gasteiger partial charge in [-0.3, -0.25) is 4.79 Å². The van der Waals surface area contributed by atoms with Crippen molar-refractivity contribution >= 4 is 40.0 Å². The van der Waals surface area contributed by atoms with E-state index in [2.05, 4.69) is 38.7 Å². The van der Waals surface area contributed by atoms with Crippen LogP contribution < -0.4 is 5.32 Å². The molecule has 2 aromatic carbocycles. The van der Waals surface area contributed by atoms with E-state index in [9.17, 15) is 4.79 Å². The number of hydrogen-bond donors (Lipinski definition) is 2. The number of fused-ring (bicyclic) bond motifs is 1. The number of carbonyl (C=O) groups excluding carboxylic acids is 1. The Morgan fingerprint density at radius 2 is 1.84 bits per heavy atom. The second-order valence-corrected chi connectivity index (χ2v) is 7.05. The molecule has 5 nitrogen and oxygen atoms in total. The van der Waals surface area contributed by atoms with Crippen LogP contribution in [0, 0.1) is 0 Å². The summed E-state index contributed by atoms with van der Waals surface area (Å²) in [5.74, 6) is -0.0315. The Balaban J connectivity index is 1.74. The molecule has 124 valence electrons. The quantitative estimate of drug-likeness (QED) is 0.559. The molecule has 0 saturated carbocycles. The Bertz CT molecular complexity index is 991. The summed E-state index contributed by atoms with van der Waals surface area (Å²) >= 11 is 1.38. The standard InChI is InChI=1S/C19H16N4OS/c1-12-18(24)22-19(25-12)23-20-11-15-14-9-5-6-10-16(14)21-17(15)13-7-3-2-4-8-13/h2-12,21H,1H3,(H,22,23,24)/b20-11+. The van der Waals surface area contributed by atoms with Gasteiger partial charge in [0.2, 0.25) is 5.91 Å². The van der Waals surface area contributed by atoms with Crippen molar-refractivity contribution in [2.24, 2.45) is 10.2 Å². The lowest BCUT2D eigenvalue weighted by Gasteiger charge is -2.00. The number of amides is 1. The van der Waals surface area contributed by atoms with Crippen molar-refractivity contribution in [3.05, 3.63) is 60.2 Å². The fourth-order valence-electron chi connectivity index (χ4n) is 2.78. The van der Waals surface area contributed by atoms with Gasteiger partial charge in [-0.25, -0.2) is 0 Å². The lowest BCUT2D eigenvalue weighted by atomic mass is 10.1. The number of amidine groups is 1. The van der Waals surface area contributed by atoms with Crippen molar-refractivity contribution in [2.45, 2.75) is 12.2 Å². The van der Waals surface area contributed by atoms with Gasteiger partial charge in [0.25, 0.3) is 0 Å². The molecule has 1 saturated heterocycles. The van der Waals surface area contributed by atoms with Gasteiger partial charge >= 0.3 is 0 Å². The zero-order chi connectivity index (χ0) is 17.2. The molecule has 1 unspecified atom stereocenters. The largest absolute Gasteiger partial charge is 0.354 e. The van der Waals surface area contributed by atoms with Crippen LogP contribution in [0.15, 0.2) is 64.8 Å². The Morgan fingerprint density at radius 1 is 1.08 bits per heavy atom. The molecular formula is C19H16N4OS. The summed E-state index contributed by atoms with van der Waals surface area (Å²) in [4.78, 5) is 15.0. The van der Waals surface area contributed by atoms with Gasteiger partial charge in [-0.05, 0) is 18.6 Å². The minimum absolute atomic E-state index is 0.0315. The Hall–Kier alpha value is -2.86. The van der Waals surface area contributed by atoms with E-state index in [1.165, 1.54) is 11.8 Å². The molecule has 2 N–H and O–H groups in total. The maximum atomic E-state index is 11.5. The van der Waals surface area contributed by atoms with Gasteiger partial charge in [0, 0.05) is 16.5 Å². The van der Waals surface area contributed by atoms with E-state index in [1.807, 2.05) is 43.3 Å². The van der Waals surface area contributed by atoms with Gasteiger partial charge in [-0.1, -0.05) is 60.3 Å². The van der Waals surface area contributed by atoms with Crippen LogP contribution in [0.1, 0.15) is 12.5 Å². The molecule has 0 bridgehead atoms. The van der Waals surface area contributed by atoms with Crippen LogP contribution in [-0.4, -0.2) is 27.5 Å². The summed E-state index contributed by atoms with van der Waals surface area (Å²) < 4.78 is 0. The van der Waals surface area contributed by atoms with Crippen molar-refractivity contribution in [3.8, 4) is 11.3 Å². The number of aromatic nitrogens is 1. The number of para-hydroxylation sites is 1.